The highest BCUT2D eigenvalue weighted by atomic mass is 32.2. The highest BCUT2D eigenvalue weighted by molar-refractivity contribution is 8.15. The Labute approximate surface area is 101 Å². The first-order valence-corrected chi connectivity index (χ1v) is 7.76. The smallest absolute Gasteiger partial charge is 0.377 e. The van der Waals surface area contributed by atoms with Gasteiger partial charge in [-0.1, -0.05) is 11.8 Å². The van der Waals surface area contributed by atoms with Crippen molar-refractivity contribution in [3.05, 3.63) is 0 Å². The Balaban J connectivity index is 3.88. The molecule has 0 aromatic heterocycles. The van der Waals surface area contributed by atoms with E-state index in [2.05, 4.69) is 0 Å². The van der Waals surface area contributed by atoms with Crippen LogP contribution in [0.3, 0.4) is 0 Å². The summed E-state index contributed by atoms with van der Waals surface area (Å²) >= 11 is 1.02. The summed E-state index contributed by atoms with van der Waals surface area (Å²) in [5.41, 5.74) is 0. The monoisotopic (exact) mass is 266 g/mol. The number of hydrogen-bond acceptors (Lipinski definition) is 6. The Morgan fingerprint density at radius 2 is 1.62 bits per heavy atom. The van der Waals surface area contributed by atoms with Gasteiger partial charge in [0.1, 0.15) is 0 Å². The first kappa shape index (κ1) is 15.8. The average molecular weight is 266 g/mol. The van der Waals surface area contributed by atoms with Crippen LogP contribution in [0.4, 0.5) is 0 Å². The molecule has 0 saturated heterocycles. The molecule has 0 radical (unpaired) electrons. The van der Waals surface area contributed by atoms with Gasteiger partial charge >= 0.3 is 8.80 Å². The minimum absolute atomic E-state index is 0.403. The number of rotatable bonds is 8. The van der Waals surface area contributed by atoms with E-state index in [-0.39, 0.29) is 0 Å². The molecule has 0 fully saturated rings. The van der Waals surface area contributed by atoms with Gasteiger partial charge in [0.15, 0.2) is 0 Å². The summed E-state index contributed by atoms with van der Waals surface area (Å²) in [6.07, 6.45) is 0.714. The van der Waals surface area contributed by atoms with E-state index >= 15 is 0 Å². The Morgan fingerprint density at radius 1 is 1.12 bits per heavy atom. The molecule has 16 heavy (non-hydrogen) atoms. The third-order valence-corrected chi connectivity index (χ3v) is 5.96. The molecule has 0 aliphatic carbocycles. The van der Waals surface area contributed by atoms with Crippen LogP contribution in [-0.4, -0.2) is 46.8 Å². The summed E-state index contributed by atoms with van der Waals surface area (Å²) in [5.74, 6) is 0.155. The topological polar surface area (TPSA) is 61.8 Å². The summed E-state index contributed by atoms with van der Waals surface area (Å²) in [6.45, 7) is 1.27. The van der Waals surface area contributed by atoms with E-state index in [4.69, 9.17) is 13.3 Å². The van der Waals surface area contributed by atoms with Gasteiger partial charge in [0.05, 0.1) is 0 Å². The van der Waals surface area contributed by atoms with Gasteiger partial charge in [-0.15, -0.1) is 0 Å². The first-order valence-electron chi connectivity index (χ1n) is 4.84. The molecule has 5 nitrogen and oxygen atoms in total. The lowest BCUT2D eigenvalue weighted by molar-refractivity contribution is -0.130. The number of carbonyl (C=O) groups is 2. The van der Waals surface area contributed by atoms with Gasteiger partial charge in [0.25, 0.3) is 5.12 Å². The number of carbonyl (C=O) groups excluding carboxylic acids is 2. The molecule has 0 bridgehead atoms. The Bertz CT molecular complexity index is 234. The fourth-order valence-electron chi connectivity index (χ4n) is 1.11. The zero-order chi connectivity index (χ0) is 12.6. The minimum Gasteiger partial charge on any atom is -0.377 e. The number of hydrogen-bond donors (Lipinski definition) is 0. The van der Waals surface area contributed by atoms with E-state index in [1.165, 1.54) is 6.92 Å². The van der Waals surface area contributed by atoms with Crippen LogP contribution < -0.4 is 0 Å². The van der Waals surface area contributed by atoms with E-state index in [0.29, 0.717) is 18.2 Å². The highest BCUT2D eigenvalue weighted by Gasteiger charge is 2.36. The number of thioether (sulfide) groups is 1. The maximum absolute atomic E-state index is 11.0. The zero-order valence-corrected chi connectivity index (χ0v) is 11.9. The van der Waals surface area contributed by atoms with Crippen molar-refractivity contribution < 1.29 is 22.9 Å². The average Bonchev–Trinajstić information content (AvgIpc) is 2.30. The molecule has 0 aliphatic heterocycles. The molecule has 0 saturated carbocycles. The van der Waals surface area contributed by atoms with Crippen LogP contribution in [-0.2, 0) is 22.9 Å². The van der Waals surface area contributed by atoms with Gasteiger partial charge in [0.2, 0.25) is 5.78 Å². The molecule has 0 aromatic rings. The lowest BCUT2D eigenvalue weighted by atomic mass is 10.5. The van der Waals surface area contributed by atoms with Crippen molar-refractivity contribution in [3.63, 3.8) is 0 Å². The summed E-state index contributed by atoms with van der Waals surface area (Å²) < 4.78 is 15.7. The van der Waals surface area contributed by atoms with Crippen LogP contribution in [0.5, 0.6) is 0 Å². The second-order valence-corrected chi connectivity index (χ2v) is 7.25. The Kier molecular flexibility index (Phi) is 7.86. The van der Waals surface area contributed by atoms with Crippen molar-refractivity contribution in [3.8, 4) is 0 Å². The van der Waals surface area contributed by atoms with Crippen molar-refractivity contribution in [2.75, 3.05) is 27.1 Å². The van der Waals surface area contributed by atoms with Gasteiger partial charge < -0.3 is 13.3 Å². The third kappa shape index (κ3) is 5.22. The largest absolute Gasteiger partial charge is 0.500 e. The van der Waals surface area contributed by atoms with Gasteiger partial charge in [-0.05, 0) is 6.42 Å². The standard InChI is InChI=1S/C9H18O5SSi/c1-8(10)9(11)15-6-5-7-16(12-2,13-3)14-4/h5-7H2,1-4H3. The maximum atomic E-state index is 11.0. The molecule has 7 heteroatoms. The van der Waals surface area contributed by atoms with Gasteiger partial charge in [-0.25, -0.2) is 0 Å². The number of ketones is 1. The van der Waals surface area contributed by atoms with Crippen molar-refractivity contribution in [2.45, 2.75) is 19.4 Å². The summed E-state index contributed by atoms with van der Waals surface area (Å²) in [4.78, 5) is 21.7. The van der Waals surface area contributed by atoms with Gasteiger partial charge in [-0.3, -0.25) is 9.59 Å². The molecule has 0 spiro atoms. The van der Waals surface area contributed by atoms with Crippen molar-refractivity contribution in [2.24, 2.45) is 0 Å². The van der Waals surface area contributed by atoms with E-state index in [9.17, 15) is 9.59 Å². The SMILES string of the molecule is CO[Si](CCCSC(=O)C(C)=O)(OC)OC. The predicted molar refractivity (Wildman–Crippen MR) is 64.4 cm³/mol. The lowest BCUT2D eigenvalue weighted by Crippen LogP contribution is -2.42. The normalized spacial score (nSPS) is 11.5. The molecule has 0 N–H and O–H groups in total. The van der Waals surface area contributed by atoms with E-state index in [1.807, 2.05) is 0 Å². The van der Waals surface area contributed by atoms with Crippen LogP contribution in [0.25, 0.3) is 0 Å². The lowest BCUT2D eigenvalue weighted by Gasteiger charge is -2.23. The molecule has 0 unspecified atom stereocenters. The fourth-order valence-corrected chi connectivity index (χ4v) is 3.77. The van der Waals surface area contributed by atoms with Gasteiger partial charge in [-0.2, -0.15) is 0 Å². The molecule has 0 aliphatic rings. The third-order valence-electron chi connectivity index (χ3n) is 2.08. The molecular weight excluding hydrogens is 248 g/mol. The van der Waals surface area contributed by atoms with Crippen LogP contribution in [0, 0.1) is 0 Å². The van der Waals surface area contributed by atoms with Crippen molar-refractivity contribution in [1.82, 2.24) is 0 Å². The fraction of sp³-hybridized carbons (Fsp3) is 0.778. The van der Waals surface area contributed by atoms with Crippen molar-refractivity contribution in [1.29, 1.82) is 0 Å². The van der Waals surface area contributed by atoms with E-state index < -0.39 is 19.7 Å². The second-order valence-electron chi connectivity index (χ2n) is 3.09. The second kappa shape index (κ2) is 7.96. The van der Waals surface area contributed by atoms with Crippen LogP contribution >= 0.6 is 11.8 Å². The molecule has 0 heterocycles. The zero-order valence-electron chi connectivity index (χ0n) is 10.1. The van der Waals surface area contributed by atoms with E-state index in [0.717, 1.165) is 11.8 Å². The summed E-state index contributed by atoms with van der Waals surface area (Å²) in [7, 11) is 2.12. The Hall–Kier alpha value is -0.213. The van der Waals surface area contributed by atoms with E-state index in [1.54, 1.807) is 21.3 Å². The molecule has 0 rings (SSSR count). The van der Waals surface area contributed by atoms with Crippen LogP contribution in [0.15, 0.2) is 0 Å². The van der Waals surface area contributed by atoms with Crippen molar-refractivity contribution >= 4 is 31.5 Å². The summed E-state index contributed by atoms with van der Waals surface area (Å²) in [6, 6.07) is 0.634. The molecule has 0 atom stereocenters. The Morgan fingerprint density at radius 3 is 2.00 bits per heavy atom. The predicted octanol–water partition coefficient (Wildman–Crippen LogP) is 1.10. The van der Waals surface area contributed by atoms with Crippen LogP contribution in [0.1, 0.15) is 13.3 Å². The number of Topliss-reactive ketones (excluding diaryl/α,β-unsaturated/α-hetero) is 1. The quantitative estimate of drug-likeness (QED) is 0.372. The minimum atomic E-state index is -2.53. The summed E-state index contributed by atoms with van der Waals surface area (Å²) in [5, 5.41) is -0.403. The molecule has 0 amide bonds. The maximum Gasteiger partial charge on any atom is 0.500 e. The molecule has 0 aromatic carbocycles. The van der Waals surface area contributed by atoms with Gasteiger partial charge in [0, 0.05) is 40.1 Å². The van der Waals surface area contributed by atoms with Crippen LogP contribution in [0.2, 0.25) is 6.04 Å². The molecular formula is C9H18O5SSi. The molecule has 94 valence electrons. The highest BCUT2D eigenvalue weighted by Crippen LogP contribution is 2.17. The first-order chi connectivity index (χ1) is 7.51.